The van der Waals surface area contributed by atoms with Crippen molar-refractivity contribution < 1.29 is 14.0 Å². The van der Waals surface area contributed by atoms with Gasteiger partial charge in [-0.25, -0.2) is 0 Å². The SMILES string of the molecule is C[C@H](NC(=O)c1ccco1)C(=O)N1CC[C@H]2CCCC[C@@H]2C1. The maximum atomic E-state index is 12.6. The Morgan fingerprint density at radius 3 is 2.77 bits per heavy atom. The third kappa shape index (κ3) is 3.18. The lowest BCUT2D eigenvalue weighted by molar-refractivity contribution is -0.135. The van der Waals surface area contributed by atoms with Crippen LogP contribution in [0.2, 0.25) is 0 Å². The summed E-state index contributed by atoms with van der Waals surface area (Å²) in [6, 6.07) is 2.74. The molecule has 0 radical (unpaired) electrons. The molecular formula is C17H24N2O3. The molecule has 5 nitrogen and oxygen atoms in total. The molecule has 2 heterocycles. The third-order valence-corrected chi connectivity index (χ3v) is 5.07. The van der Waals surface area contributed by atoms with Crippen molar-refractivity contribution in [1.82, 2.24) is 10.2 Å². The Bertz CT molecular complexity index is 526. The minimum Gasteiger partial charge on any atom is -0.459 e. The van der Waals surface area contributed by atoms with Crippen LogP contribution in [0.4, 0.5) is 0 Å². The molecule has 5 heteroatoms. The van der Waals surface area contributed by atoms with E-state index in [4.69, 9.17) is 4.42 Å². The zero-order chi connectivity index (χ0) is 15.5. The largest absolute Gasteiger partial charge is 0.459 e. The Morgan fingerprint density at radius 2 is 2.05 bits per heavy atom. The van der Waals surface area contributed by atoms with Gasteiger partial charge in [-0.05, 0) is 43.7 Å². The highest BCUT2D eigenvalue weighted by atomic mass is 16.3. The molecule has 0 unspecified atom stereocenters. The fraction of sp³-hybridized carbons (Fsp3) is 0.647. The molecule has 1 saturated heterocycles. The van der Waals surface area contributed by atoms with E-state index in [1.807, 2.05) is 4.90 Å². The summed E-state index contributed by atoms with van der Waals surface area (Å²) in [6.07, 6.45) is 7.74. The summed E-state index contributed by atoms with van der Waals surface area (Å²) in [5, 5.41) is 2.73. The van der Waals surface area contributed by atoms with Crippen LogP contribution in [0.25, 0.3) is 0 Å². The number of fused-ring (bicyclic) bond motifs is 1. The van der Waals surface area contributed by atoms with Gasteiger partial charge in [0.2, 0.25) is 5.91 Å². The van der Waals surface area contributed by atoms with Crippen molar-refractivity contribution in [3.63, 3.8) is 0 Å². The predicted octanol–water partition coefficient (Wildman–Crippen LogP) is 2.44. The van der Waals surface area contributed by atoms with Crippen molar-refractivity contribution >= 4 is 11.8 Å². The molecule has 3 rings (SSSR count). The smallest absolute Gasteiger partial charge is 0.287 e. The number of nitrogens with zero attached hydrogens (tertiary/aromatic N) is 1. The molecule has 1 aliphatic carbocycles. The fourth-order valence-corrected chi connectivity index (χ4v) is 3.81. The van der Waals surface area contributed by atoms with E-state index in [1.54, 1.807) is 19.1 Å². The maximum Gasteiger partial charge on any atom is 0.287 e. The average Bonchev–Trinajstić information content (AvgIpc) is 3.08. The van der Waals surface area contributed by atoms with Gasteiger partial charge >= 0.3 is 0 Å². The second-order valence-electron chi connectivity index (χ2n) is 6.55. The van der Waals surface area contributed by atoms with Crippen molar-refractivity contribution in [1.29, 1.82) is 0 Å². The first-order valence-corrected chi connectivity index (χ1v) is 8.28. The molecule has 2 amide bonds. The van der Waals surface area contributed by atoms with Crippen molar-refractivity contribution in [3.8, 4) is 0 Å². The molecule has 0 bridgehead atoms. The number of carbonyl (C=O) groups is 2. The highest BCUT2D eigenvalue weighted by Crippen LogP contribution is 2.36. The minimum absolute atomic E-state index is 0.0175. The van der Waals surface area contributed by atoms with Gasteiger partial charge in [-0.1, -0.05) is 19.3 Å². The van der Waals surface area contributed by atoms with Crippen molar-refractivity contribution in [2.24, 2.45) is 11.8 Å². The number of hydrogen-bond donors (Lipinski definition) is 1. The number of likely N-dealkylation sites (tertiary alicyclic amines) is 1. The first-order valence-electron chi connectivity index (χ1n) is 8.28. The first-order chi connectivity index (χ1) is 10.6. The van der Waals surface area contributed by atoms with E-state index in [-0.39, 0.29) is 17.6 Å². The minimum atomic E-state index is -0.516. The first kappa shape index (κ1) is 15.1. The average molecular weight is 304 g/mol. The Morgan fingerprint density at radius 1 is 1.27 bits per heavy atom. The van der Waals surface area contributed by atoms with Crippen LogP contribution in [0.5, 0.6) is 0 Å². The van der Waals surface area contributed by atoms with E-state index < -0.39 is 6.04 Å². The molecule has 3 atom stereocenters. The van der Waals surface area contributed by atoms with Gasteiger partial charge in [-0.3, -0.25) is 9.59 Å². The fourth-order valence-electron chi connectivity index (χ4n) is 3.81. The summed E-state index contributed by atoms with van der Waals surface area (Å²) in [5.41, 5.74) is 0. The molecule has 0 spiro atoms. The zero-order valence-electron chi connectivity index (χ0n) is 13.1. The van der Waals surface area contributed by atoms with Gasteiger partial charge in [0.1, 0.15) is 6.04 Å². The van der Waals surface area contributed by atoms with E-state index in [2.05, 4.69) is 5.32 Å². The predicted molar refractivity (Wildman–Crippen MR) is 82.3 cm³/mol. The number of rotatable bonds is 3. The summed E-state index contributed by atoms with van der Waals surface area (Å²) < 4.78 is 5.06. The second kappa shape index (κ2) is 6.55. The topological polar surface area (TPSA) is 62.6 Å². The van der Waals surface area contributed by atoms with Gasteiger partial charge in [0.25, 0.3) is 5.91 Å². The highest BCUT2D eigenvalue weighted by Gasteiger charge is 2.34. The van der Waals surface area contributed by atoms with Crippen LogP contribution in [0.3, 0.4) is 0 Å². The van der Waals surface area contributed by atoms with Crippen LogP contribution in [0.1, 0.15) is 49.6 Å². The lowest BCUT2D eigenvalue weighted by Crippen LogP contribution is -2.52. The Labute approximate surface area is 131 Å². The molecule has 1 aromatic rings. The molecule has 2 fully saturated rings. The van der Waals surface area contributed by atoms with E-state index in [0.29, 0.717) is 5.92 Å². The molecule has 1 saturated carbocycles. The number of carbonyl (C=O) groups excluding carboxylic acids is 2. The second-order valence-corrected chi connectivity index (χ2v) is 6.55. The molecule has 0 aromatic carbocycles. The summed E-state index contributed by atoms with van der Waals surface area (Å²) in [4.78, 5) is 26.4. The van der Waals surface area contributed by atoms with Gasteiger partial charge in [0.05, 0.1) is 6.26 Å². The Kier molecular flexibility index (Phi) is 4.50. The van der Waals surface area contributed by atoms with Gasteiger partial charge in [-0.2, -0.15) is 0 Å². The number of nitrogens with one attached hydrogen (secondary N) is 1. The monoisotopic (exact) mass is 304 g/mol. The van der Waals surface area contributed by atoms with Gasteiger partial charge in [0, 0.05) is 13.1 Å². The van der Waals surface area contributed by atoms with Crippen molar-refractivity contribution in [2.45, 2.75) is 45.1 Å². The normalized spacial score (nSPS) is 26.1. The highest BCUT2D eigenvalue weighted by molar-refractivity contribution is 5.95. The van der Waals surface area contributed by atoms with Crippen molar-refractivity contribution in [2.75, 3.05) is 13.1 Å². The molecule has 120 valence electrons. The van der Waals surface area contributed by atoms with Gasteiger partial charge < -0.3 is 14.6 Å². The molecule has 1 N–H and O–H groups in total. The Balaban J connectivity index is 1.55. The summed E-state index contributed by atoms with van der Waals surface area (Å²) >= 11 is 0. The van der Waals surface area contributed by atoms with Gasteiger partial charge in [0.15, 0.2) is 5.76 Å². The van der Waals surface area contributed by atoms with E-state index in [9.17, 15) is 9.59 Å². The lowest BCUT2D eigenvalue weighted by Gasteiger charge is -2.42. The third-order valence-electron chi connectivity index (χ3n) is 5.07. The number of furan rings is 1. The lowest BCUT2D eigenvalue weighted by atomic mass is 9.75. The van der Waals surface area contributed by atoms with Crippen LogP contribution in [-0.4, -0.2) is 35.8 Å². The molecular weight excluding hydrogens is 280 g/mol. The number of hydrogen-bond acceptors (Lipinski definition) is 3. The molecule has 22 heavy (non-hydrogen) atoms. The molecule has 1 aromatic heterocycles. The number of amides is 2. The maximum absolute atomic E-state index is 12.6. The van der Waals surface area contributed by atoms with Crippen LogP contribution in [-0.2, 0) is 4.79 Å². The van der Waals surface area contributed by atoms with Crippen LogP contribution in [0, 0.1) is 11.8 Å². The summed E-state index contributed by atoms with van der Waals surface area (Å²) in [6.45, 7) is 3.42. The van der Waals surface area contributed by atoms with Crippen LogP contribution < -0.4 is 5.32 Å². The summed E-state index contributed by atoms with van der Waals surface area (Å²) in [5.74, 6) is 1.37. The molecule has 1 aliphatic heterocycles. The van der Waals surface area contributed by atoms with Crippen molar-refractivity contribution in [3.05, 3.63) is 24.2 Å². The quantitative estimate of drug-likeness (QED) is 0.933. The van der Waals surface area contributed by atoms with Crippen LogP contribution >= 0.6 is 0 Å². The molecule has 2 aliphatic rings. The zero-order valence-corrected chi connectivity index (χ0v) is 13.1. The Hall–Kier alpha value is -1.78. The van der Waals surface area contributed by atoms with E-state index in [0.717, 1.165) is 25.4 Å². The van der Waals surface area contributed by atoms with Gasteiger partial charge in [-0.15, -0.1) is 0 Å². The number of piperidine rings is 1. The standard InChI is InChI=1S/C17H24N2O3/c1-12(18-16(20)15-7-4-10-22-15)17(21)19-9-8-13-5-2-3-6-14(13)11-19/h4,7,10,12-14H,2-3,5-6,8-9,11H2,1H3,(H,18,20)/t12-,13+,14+/m0/s1. The summed E-state index contributed by atoms with van der Waals surface area (Å²) in [7, 11) is 0. The van der Waals surface area contributed by atoms with E-state index in [1.165, 1.54) is 31.9 Å². The van der Waals surface area contributed by atoms with Crippen LogP contribution in [0.15, 0.2) is 22.8 Å². The van der Waals surface area contributed by atoms with E-state index >= 15 is 0 Å².